The van der Waals surface area contributed by atoms with E-state index in [1.807, 2.05) is 48.1 Å². The fraction of sp³-hybridized carbons (Fsp3) is 0.350. The van der Waals surface area contributed by atoms with Crippen LogP contribution in [0.5, 0.6) is 0 Å². The van der Waals surface area contributed by atoms with Crippen molar-refractivity contribution in [3.63, 3.8) is 0 Å². The summed E-state index contributed by atoms with van der Waals surface area (Å²) in [5.74, 6) is 0.0162. The lowest BCUT2D eigenvalue weighted by molar-refractivity contribution is 0.0927. The Balaban J connectivity index is 1.56. The zero-order valence-electron chi connectivity index (χ0n) is 14.4. The average Bonchev–Trinajstić information content (AvgIpc) is 3.00. The zero-order valence-corrected chi connectivity index (χ0v) is 14.4. The van der Waals surface area contributed by atoms with Crippen LogP contribution in [0.3, 0.4) is 0 Å². The molecule has 2 aromatic heterocycles. The molecule has 1 aliphatic rings. The number of hydrogen-bond acceptors (Lipinski definition) is 3. The first-order valence-corrected chi connectivity index (χ1v) is 8.91. The van der Waals surface area contributed by atoms with Crippen LogP contribution in [0.25, 0.3) is 22.3 Å². The van der Waals surface area contributed by atoms with Crippen molar-refractivity contribution in [2.75, 3.05) is 0 Å². The summed E-state index contributed by atoms with van der Waals surface area (Å²) < 4.78 is 1.83. The lowest BCUT2D eigenvalue weighted by Crippen LogP contribution is -2.36. The molecule has 2 heterocycles. The van der Waals surface area contributed by atoms with Gasteiger partial charge in [-0.3, -0.25) is 14.5 Å². The van der Waals surface area contributed by atoms with Gasteiger partial charge in [0.1, 0.15) is 11.2 Å². The minimum Gasteiger partial charge on any atom is -0.349 e. The number of nitrogens with one attached hydrogen (secondary N) is 1. The van der Waals surface area contributed by atoms with Gasteiger partial charge in [0.05, 0.1) is 5.52 Å². The van der Waals surface area contributed by atoms with E-state index in [1.165, 1.54) is 19.3 Å². The van der Waals surface area contributed by atoms with Gasteiger partial charge in [0, 0.05) is 30.4 Å². The van der Waals surface area contributed by atoms with Gasteiger partial charge in [-0.05, 0) is 37.1 Å². The van der Waals surface area contributed by atoms with E-state index >= 15 is 0 Å². The number of amides is 1. The second-order valence-corrected chi connectivity index (χ2v) is 6.73. The average molecular weight is 334 g/mol. The van der Waals surface area contributed by atoms with Gasteiger partial charge in [0.25, 0.3) is 5.91 Å². The molecule has 3 aromatic rings. The minimum atomic E-state index is 0.0162. The molecule has 1 aliphatic carbocycles. The van der Waals surface area contributed by atoms with E-state index in [4.69, 9.17) is 0 Å². The molecule has 128 valence electrons. The third kappa shape index (κ3) is 3.14. The van der Waals surface area contributed by atoms with Crippen molar-refractivity contribution in [3.05, 3.63) is 48.2 Å². The molecule has 0 unspecified atom stereocenters. The highest BCUT2D eigenvalue weighted by Gasteiger charge is 2.17. The molecule has 1 amide bonds. The van der Waals surface area contributed by atoms with E-state index in [2.05, 4.69) is 15.4 Å². The van der Waals surface area contributed by atoms with Gasteiger partial charge in [0.15, 0.2) is 0 Å². The quantitative estimate of drug-likeness (QED) is 0.794. The van der Waals surface area contributed by atoms with Crippen molar-refractivity contribution in [1.29, 1.82) is 0 Å². The van der Waals surface area contributed by atoms with E-state index in [-0.39, 0.29) is 5.91 Å². The number of nitrogens with zero attached hydrogens (tertiary/aromatic N) is 3. The zero-order chi connectivity index (χ0) is 17.2. The Morgan fingerprint density at radius 2 is 1.88 bits per heavy atom. The number of rotatable bonds is 3. The molecule has 1 fully saturated rings. The van der Waals surface area contributed by atoms with E-state index in [1.54, 1.807) is 6.20 Å². The number of aromatic nitrogens is 3. The van der Waals surface area contributed by atoms with Crippen molar-refractivity contribution in [1.82, 2.24) is 20.1 Å². The molecule has 1 saturated carbocycles. The second kappa shape index (κ2) is 6.67. The van der Waals surface area contributed by atoms with Crippen LogP contribution in [0.4, 0.5) is 0 Å². The maximum absolute atomic E-state index is 12.4. The number of aryl methyl sites for hydroxylation is 1. The highest BCUT2D eigenvalue weighted by Crippen LogP contribution is 2.26. The minimum absolute atomic E-state index is 0.0162. The van der Waals surface area contributed by atoms with Gasteiger partial charge in [0.2, 0.25) is 0 Å². The van der Waals surface area contributed by atoms with Gasteiger partial charge < -0.3 is 5.32 Å². The van der Waals surface area contributed by atoms with Gasteiger partial charge in [-0.25, -0.2) is 0 Å². The molecule has 0 atom stereocenters. The maximum Gasteiger partial charge on any atom is 0.251 e. The van der Waals surface area contributed by atoms with Crippen molar-refractivity contribution in [2.45, 2.75) is 38.1 Å². The predicted octanol–water partition coefficient (Wildman–Crippen LogP) is 3.70. The molecule has 5 heteroatoms. The normalized spacial score (nSPS) is 15.4. The Labute approximate surface area is 147 Å². The third-order valence-corrected chi connectivity index (χ3v) is 4.97. The summed E-state index contributed by atoms with van der Waals surface area (Å²) in [6, 6.07) is 11.9. The lowest BCUT2D eigenvalue weighted by atomic mass is 9.95. The molecule has 1 aromatic carbocycles. The van der Waals surface area contributed by atoms with E-state index < -0.39 is 0 Å². The van der Waals surface area contributed by atoms with E-state index in [0.717, 1.165) is 35.1 Å². The second-order valence-electron chi connectivity index (χ2n) is 6.73. The summed E-state index contributed by atoms with van der Waals surface area (Å²) in [6.07, 6.45) is 7.67. The maximum atomic E-state index is 12.4. The van der Waals surface area contributed by atoms with Gasteiger partial charge >= 0.3 is 0 Å². The van der Waals surface area contributed by atoms with Crippen molar-refractivity contribution in [2.24, 2.45) is 7.05 Å². The fourth-order valence-electron chi connectivity index (χ4n) is 3.58. The van der Waals surface area contributed by atoms with Crippen LogP contribution < -0.4 is 5.32 Å². The summed E-state index contributed by atoms with van der Waals surface area (Å²) in [7, 11) is 1.92. The Morgan fingerprint density at radius 1 is 1.12 bits per heavy atom. The standard InChI is InChI=1S/C20H22N4O/c1-24-17-8-5-13-21-19(17)18(23-24)14-9-11-15(12-10-14)20(25)22-16-6-3-2-4-7-16/h5,8-13,16H,2-4,6-7H2,1H3,(H,22,25). The monoisotopic (exact) mass is 334 g/mol. The summed E-state index contributed by atoms with van der Waals surface area (Å²) in [5.41, 5.74) is 4.39. The van der Waals surface area contributed by atoms with Gasteiger partial charge in [-0.15, -0.1) is 0 Å². The van der Waals surface area contributed by atoms with Crippen LogP contribution in [0.1, 0.15) is 42.5 Å². The molecule has 0 bridgehead atoms. The summed E-state index contributed by atoms with van der Waals surface area (Å²) in [4.78, 5) is 16.9. The first-order chi connectivity index (χ1) is 12.2. The molecule has 0 aliphatic heterocycles. The molecule has 0 spiro atoms. The fourth-order valence-corrected chi connectivity index (χ4v) is 3.58. The van der Waals surface area contributed by atoms with E-state index in [9.17, 15) is 4.79 Å². The topological polar surface area (TPSA) is 59.8 Å². The van der Waals surface area contributed by atoms with E-state index in [0.29, 0.717) is 11.6 Å². The Kier molecular flexibility index (Phi) is 4.22. The Morgan fingerprint density at radius 3 is 2.64 bits per heavy atom. The highest BCUT2D eigenvalue weighted by atomic mass is 16.1. The van der Waals surface area contributed by atoms with Crippen LogP contribution in [-0.2, 0) is 7.05 Å². The summed E-state index contributed by atoms with van der Waals surface area (Å²) in [6.45, 7) is 0. The predicted molar refractivity (Wildman–Crippen MR) is 98.3 cm³/mol. The van der Waals surface area contributed by atoms with Crippen LogP contribution in [0, 0.1) is 0 Å². The number of benzene rings is 1. The third-order valence-electron chi connectivity index (χ3n) is 4.97. The molecule has 5 nitrogen and oxygen atoms in total. The van der Waals surface area contributed by atoms with Crippen molar-refractivity contribution >= 4 is 16.9 Å². The van der Waals surface area contributed by atoms with Crippen LogP contribution >= 0.6 is 0 Å². The lowest BCUT2D eigenvalue weighted by Gasteiger charge is -2.22. The van der Waals surface area contributed by atoms with Crippen molar-refractivity contribution < 1.29 is 4.79 Å². The highest BCUT2D eigenvalue weighted by molar-refractivity contribution is 5.96. The largest absolute Gasteiger partial charge is 0.349 e. The first-order valence-electron chi connectivity index (χ1n) is 8.91. The molecule has 0 saturated heterocycles. The van der Waals surface area contributed by atoms with Crippen LogP contribution in [-0.4, -0.2) is 26.7 Å². The van der Waals surface area contributed by atoms with Gasteiger partial charge in [-0.1, -0.05) is 31.4 Å². The Hall–Kier alpha value is -2.69. The smallest absolute Gasteiger partial charge is 0.251 e. The Bertz CT molecular complexity index is 892. The summed E-state index contributed by atoms with van der Waals surface area (Å²) in [5, 5.41) is 7.74. The van der Waals surface area contributed by atoms with Crippen LogP contribution in [0.15, 0.2) is 42.6 Å². The molecule has 25 heavy (non-hydrogen) atoms. The number of fused-ring (bicyclic) bond motifs is 1. The first kappa shape index (κ1) is 15.8. The van der Waals surface area contributed by atoms with Gasteiger partial charge in [-0.2, -0.15) is 5.10 Å². The number of pyridine rings is 1. The van der Waals surface area contributed by atoms with Crippen LogP contribution in [0.2, 0.25) is 0 Å². The number of carbonyl (C=O) groups excluding carboxylic acids is 1. The summed E-state index contributed by atoms with van der Waals surface area (Å²) >= 11 is 0. The molecular weight excluding hydrogens is 312 g/mol. The molecular formula is C20H22N4O. The number of carbonyl (C=O) groups is 1. The SMILES string of the molecule is Cn1nc(-c2ccc(C(=O)NC3CCCCC3)cc2)c2ncccc21. The van der Waals surface area contributed by atoms with Crippen molar-refractivity contribution in [3.8, 4) is 11.3 Å². The number of hydrogen-bond donors (Lipinski definition) is 1. The molecule has 0 radical (unpaired) electrons. The molecule has 1 N–H and O–H groups in total. The molecule has 4 rings (SSSR count).